The minimum absolute atomic E-state index is 0.0574. The highest BCUT2D eigenvalue weighted by Crippen LogP contribution is 2.18. The maximum atomic E-state index is 13.2. The Morgan fingerprint density at radius 3 is 2.62 bits per heavy atom. The van der Waals surface area contributed by atoms with Crippen molar-refractivity contribution in [3.63, 3.8) is 0 Å². The summed E-state index contributed by atoms with van der Waals surface area (Å²) in [5.74, 6) is -0.307. The fourth-order valence-electron chi connectivity index (χ4n) is 3.11. The Morgan fingerprint density at radius 2 is 1.92 bits per heavy atom. The number of likely N-dealkylation sites (N-methyl/N-ethyl adjacent to an activating group) is 1. The van der Waals surface area contributed by atoms with Crippen molar-refractivity contribution < 1.29 is 18.8 Å². The summed E-state index contributed by atoms with van der Waals surface area (Å²) in [7, 11) is 1.92. The maximum Gasteiger partial charge on any atom is 0.279 e. The molecule has 0 saturated carbocycles. The number of nitrogens with zero attached hydrogens (tertiary/aromatic N) is 1. The van der Waals surface area contributed by atoms with Crippen LogP contribution in [0.4, 0.5) is 15.8 Å². The molecule has 1 unspecified atom stereocenters. The predicted octanol–water partition coefficient (Wildman–Crippen LogP) is 1.32. The van der Waals surface area contributed by atoms with Crippen LogP contribution < -0.4 is 15.1 Å². The first-order valence-corrected chi connectivity index (χ1v) is 8.88. The van der Waals surface area contributed by atoms with Gasteiger partial charge >= 0.3 is 0 Å². The molecule has 26 heavy (non-hydrogen) atoms. The minimum Gasteiger partial charge on any atom is -0.378 e. The average Bonchev–Trinajstić information content (AvgIpc) is 2.63. The molecule has 6 heteroatoms. The van der Waals surface area contributed by atoms with E-state index in [1.165, 1.54) is 12.1 Å². The third kappa shape index (κ3) is 5.28. The predicted molar refractivity (Wildman–Crippen MR) is 100.0 cm³/mol. The van der Waals surface area contributed by atoms with Crippen LogP contribution in [0.15, 0.2) is 48.5 Å². The molecular formula is C20H25FN3O2+. The number of carbonyl (C=O) groups excluding carboxylic acids is 1. The van der Waals surface area contributed by atoms with Gasteiger partial charge in [-0.15, -0.1) is 0 Å². The Hall–Kier alpha value is -2.44. The SMILES string of the molecule is C[NH+](CC(=O)Nc1ccc(N2CCOCC2)cc1)Cc1cccc(F)c1. The summed E-state index contributed by atoms with van der Waals surface area (Å²) in [4.78, 5) is 15.5. The number of ether oxygens (including phenoxy) is 1. The molecule has 1 saturated heterocycles. The molecule has 1 amide bonds. The van der Waals surface area contributed by atoms with Gasteiger partial charge in [-0.25, -0.2) is 4.39 Å². The molecule has 1 atom stereocenters. The van der Waals surface area contributed by atoms with Gasteiger partial charge in [0.2, 0.25) is 0 Å². The largest absolute Gasteiger partial charge is 0.378 e. The van der Waals surface area contributed by atoms with Crippen LogP contribution in [0.5, 0.6) is 0 Å². The fourth-order valence-corrected chi connectivity index (χ4v) is 3.11. The number of quaternary nitrogens is 1. The lowest BCUT2D eigenvalue weighted by Gasteiger charge is -2.28. The van der Waals surface area contributed by atoms with Gasteiger partial charge in [-0.05, 0) is 36.4 Å². The average molecular weight is 358 g/mol. The molecule has 2 N–H and O–H groups in total. The van der Waals surface area contributed by atoms with Crippen molar-refractivity contribution in [3.05, 3.63) is 59.9 Å². The van der Waals surface area contributed by atoms with E-state index in [9.17, 15) is 9.18 Å². The van der Waals surface area contributed by atoms with E-state index in [1.54, 1.807) is 6.07 Å². The van der Waals surface area contributed by atoms with Crippen LogP contribution in [0.2, 0.25) is 0 Å². The van der Waals surface area contributed by atoms with Gasteiger partial charge in [0, 0.05) is 30.0 Å². The number of hydrogen-bond acceptors (Lipinski definition) is 3. The quantitative estimate of drug-likeness (QED) is 0.819. The first-order valence-electron chi connectivity index (χ1n) is 8.88. The van der Waals surface area contributed by atoms with Crippen LogP contribution in [0.1, 0.15) is 5.56 Å². The van der Waals surface area contributed by atoms with Crippen LogP contribution >= 0.6 is 0 Å². The number of amides is 1. The highest BCUT2D eigenvalue weighted by atomic mass is 19.1. The van der Waals surface area contributed by atoms with E-state index >= 15 is 0 Å². The van der Waals surface area contributed by atoms with E-state index in [0.29, 0.717) is 13.1 Å². The van der Waals surface area contributed by atoms with Gasteiger partial charge in [-0.2, -0.15) is 0 Å². The normalized spacial score (nSPS) is 15.5. The minimum atomic E-state index is -0.250. The Kier molecular flexibility index (Phi) is 6.20. The maximum absolute atomic E-state index is 13.2. The monoisotopic (exact) mass is 358 g/mol. The van der Waals surface area contributed by atoms with Gasteiger partial charge < -0.3 is 19.9 Å². The molecule has 2 aromatic rings. The third-order valence-corrected chi connectivity index (χ3v) is 4.38. The summed E-state index contributed by atoms with van der Waals surface area (Å²) < 4.78 is 18.6. The molecule has 1 fully saturated rings. The molecule has 1 aliphatic heterocycles. The second-order valence-corrected chi connectivity index (χ2v) is 6.64. The lowest BCUT2D eigenvalue weighted by atomic mass is 10.2. The van der Waals surface area contributed by atoms with Crippen LogP contribution in [0, 0.1) is 5.82 Å². The number of anilines is 2. The number of rotatable bonds is 6. The Labute approximate surface area is 153 Å². The van der Waals surface area contributed by atoms with Crippen LogP contribution in [-0.4, -0.2) is 45.8 Å². The Bertz CT molecular complexity index is 730. The van der Waals surface area contributed by atoms with Crippen molar-refractivity contribution in [2.45, 2.75) is 6.54 Å². The Balaban J connectivity index is 1.49. The van der Waals surface area contributed by atoms with Gasteiger partial charge in [0.15, 0.2) is 6.54 Å². The zero-order valence-electron chi connectivity index (χ0n) is 15.0. The smallest absolute Gasteiger partial charge is 0.279 e. The van der Waals surface area contributed by atoms with E-state index in [0.717, 1.165) is 48.1 Å². The standard InChI is InChI=1S/C20H24FN3O2/c1-23(14-16-3-2-4-17(21)13-16)15-20(25)22-18-5-7-19(8-6-18)24-9-11-26-12-10-24/h2-8,13H,9-12,14-15H2,1H3,(H,22,25)/p+1. The number of hydrogen-bond donors (Lipinski definition) is 2. The van der Waals surface area contributed by atoms with E-state index in [-0.39, 0.29) is 11.7 Å². The van der Waals surface area contributed by atoms with Crippen LogP contribution in [-0.2, 0) is 16.1 Å². The Morgan fingerprint density at radius 1 is 1.19 bits per heavy atom. The number of nitrogens with one attached hydrogen (secondary N) is 2. The van der Waals surface area contributed by atoms with Crippen LogP contribution in [0.25, 0.3) is 0 Å². The van der Waals surface area contributed by atoms with Gasteiger partial charge in [0.05, 0.1) is 20.3 Å². The highest BCUT2D eigenvalue weighted by Gasteiger charge is 2.13. The highest BCUT2D eigenvalue weighted by molar-refractivity contribution is 5.91. The number of halogens is 1. The molecule has 0 aromatic heterocycles. The van der Waals surface area contributed by atoms with Crippen molar-refractivity contribution in [2.24, 2.45) is 0 Å². The second kappa shape index (κ2) is 8.78. The summed E-state index contributed by atoms with van der Waals surface area (Å²) in [6.45, 7) is 4.20. The van der Waals surface area contributed by atoms with Gasteiger partial charge in [0.1, 0.15) is 12.4 Å². The lowest BCUT2D eigenvalue weighted by Crippen LogP contribution is -3.08. The number of benzene rings is 2. The van der Waals surface area contributed by atoms with Crippen molar-refractivity contribution >= 4 is 17.3 Å². The first kappa shape index (κ1) is 18.4. The zero-order valence-corrected chi connectivity index (χ0v) is 15.0. The van der Waals surface area contributed by atoms with Crippen molar-refractivity contribution in [2.75, 3.05) is 50.1 Å². The van der Waals surface area contributed by atoms with E-state index in [2.05, 4.69) is 10.2 Å². The topological polar surface area (TPSA) is 46.0 Å². The number of carbonyl (C=O) groups is 1. The van der Waals surface area contributed by atoms with Crippen molar-refractivity contribution in [1.29, 1.82) is 0 Å². The number of morpholine rings is 1. The van der Waals surface area contributed by atoms with Crippen LogP contribution in [0.3, 0.4) is 0 Å². The van der Waals surface area contributed by atoms with Crippen molar-refractivity contribution in [3.8, 4) is 0 Å². The third-order valence-electron chi connectivity index (χ3n) is 4.38. The molecule has 3 rings (SSSR count). The summed E-state index contributed by atoms with van der Waals surface area (Å²) in [6.07, 6.45) is 0. The fraction of sp³-hybridized carbons (Fsp3) is 0.350. The van der Waals surface area contributed by atoms with Gasteiger partial charge in [-0.3, -0.25) is 4.79 Å². The summed E-state index contributed by atoms with van der Waals surface area (Å²) in [5.41, 5.74) is 2.80. The van der Waals surface area contributed by atoms with E-state index in [1.807, 2.05) is 37.4 Å². The molecule has 0 aliphatic carbocycles. The summed E-state index contributed by atoms with van der Waals surface area (Å²) >= 11 is 0. The van der Waals surface area contributed by atoms with E-state index < -0.39 is 0 Å². The summed E-state index contributed by atoms with van der Waals surface area (Å²) in [6, 6.07) is 14.4. The van der Waals surface area contributed by atoms with E-state index in [4.69, 9.17) is 4.74 Å². The molecule has 0 bridgehead atoms. The zero-order chi connectivity index (χ0) is 18.4. The summed E-state index contributed by atoms with van der Waals surface area (Å²) in [5, 5.41) is 2.92. The molecule has 1 aliphatic rings. The molecule has 2 aromatic carbocycles. The second-order valence-electron chi connectivity index (χ2n) is 6.64. The molecule has 0 spiro atoms. The molecule has 138 valence electrons. The molecular weight excluding hydrogens is 333 g/mol. The molecule has 5 nitrogen and oxygen atoms in total. The van der Waals surface area contributed by atoms with Gasteiger partial charge in [0.25, 0.3) is 5.91 Å². The molecule has 0 radical (unpaired) electrons. The first-order chi connectivity index (χ1) is 12.6. The van der Waals surface area contributed by atoms with Gasteiger partial charge in [-0.1, -0.05) is 12.1 Å². The lowest BCUT2D eigenvalue weighted by molar-refractivity contribution is -0.885. The van der Waals surface area contributed by atoms with Crippen molar-refractivity contribution in [1.82, 2.24) is 0 Å². The molecule has 1 heterocycles.